The van der Waals surface area contributed by atoms with E-state index < -0.39 is 5.97 Å². The number of aromatic nitrogens is 1. The molecule has 1 aromatic carbocycles. The van der Waals surface area contributed by atoms with Crippen molar-refractivity contribution in [1.29, 1.82) is 0 Å². The second-order valence-electron chi connectivity index (χ2n) is 3.57. The van der Waals surface area contributed by atoms with E-state index in [1.165, 1.54) is 18.3 Å². The maximum absolute atomic E-state index is 10.8. The van der Waals surface area contributed by atoms with Crippen LogP contribution in [0.3, 0.4) is 0 Å². The Labute approximate surface area is 109 Å². The molecule has 2 aromatic rings. The van der Waals surface area contributed by atoms with Gasteiger partial charge in [-0.15, -0.1) is 0 Å². The standard InChI is InChI=1S/C13H10ClNO3/c14-11-4-2-1-3-10(11)8-18-12-7-9(13(16)17)5-6-15-12/h1-7H,8H2,(H,16,17). The Balaban J connectivity index is 2.09. The van der Waals surface area contributed by atoms with E-state index >= 15 is 0 Å². The summed E-state index contributed by atoms with van der Waals surface area (Å²) in [6.45, 7) is 0.246. The Morgan fingerprint density at radius 2 is 2.11 bits per heavy atom. The summed E-state index contributed by atoms with van der Waals surface area (Å²) in [4.78, 5) is 14.7. The SMILES string of the molecule is O=C(O)c1ccnc(OCc2ccccc2Cl)c1. The van der Waals surface area contributed by atoms with Crippen LogP contribution in [-0.4, -0.2) is 16.1 Å². The zero-order valence-corrected chi connectivity index (χ0v) is 10.1. The number of hydrogen-bond donors (Lipinski definition) is 1. The number of nitrogens with zero attached hydrogens (tertiary/aromatic N) is 1. The van der Waals surface area contributed by atoms with E-state index in [1.807, 2.05) is 18.2 Å². The van der Waals surface area contributed by atoms with E-state index in [4.69, 9.17) is 21.4 Å². The van der Waals surface area contributed by atoms with Crippen LogP contribution in [0.5, 0.6) is 5.88 Å². The van der Waals surface area contributed by atoms with Crippen molar-refractivity contribution in [1.82, 2.24) is 4.98 Å². The number of pyridine rings is 1. The van der Waals surface area contributed by atoms with Crippen molar-refractivity contribution < 1.29 is 14.6 Å². The monoisotopic (exact) mass is 263 g/mol. The van der Waals surface area contributed by atoms with Gasteiger partial charge in [-0.05, 0) is 12.1 Å². The van der Waals surface area contributed by atoms with Crippen LogP contribution >= 0.6 is 11.6 Å². The second kappa shape index (κ2) is 5.51. The number of carboxylic acid groups (broad SMARTS) is 1. The highest BCUT2D eigenvalue weighted by Gasteiger charge is 2.06. The van der Waals surface area contributed by atoms with Crippen LogP contribution in [-0.2, 0) is 6.61 Å². The minimum absolute atomic E-state index is 0.138. The normalized spacial score (nSPS) is 10.1. The molecule has 18 heavy (non-hydrogen) atoms. The van der Waals surface area contributed by atoms with Gasteiger partial charge in [0.1, 0.15) is 6.61 Å². The summed E-state index contributed by atoms with van der Waals surface area (Å²) in [5, 5.41) is 9.44. The molecule has 0 radical (unpaired) electrons. The molecule has 1 N–H and O–H groups in total. The van der Waals surface area contributed by atoms with E-state index in [2.05, 4.69) is 4.98 Å². The fourth-order valence-corrected chi connectivity index (χ4v) is 1.58. The number of carbonyl (C=O) groups is 1. The number of carboxylic acids is 1. The summed E-state index contributed by atoms with van der Waals surface area (Å²) in [6, 6.07) is 10.1. The summed E-state index contributed by atoms with van der Waals surface area (Å²) in [7, 11) is 0. The van der Waals surface area contributed by atoms with Crippen molar-refractivity contribution in [2.75, 3.05) is 0 Å². The van der Waals surface area contributed by atoms with Crippen LogP contribution in [0.25, 0.3) is 0 Å². The first-order valence-electron chi connectivity index (χ1n) is 5.22. The average molecular weight is 264 g/mol. The van der Waals surface area contributed by atoms with Crippen molar-refractivity contribution in [2.45, 2.75) is 6.61 Å². The molecule has 0 unspecified atom stereocenters. The lowest BCUT2D eigenvalue weighted by molar-refractivity contribution is 0.0696. The summed E-state index contributed by atoms with van der Waals surface area (Å²) in [5.41, 5.74) is 0.959. The summed E-state index contributed by atoms with van der Waals surface area (Å²) < 4.78 is 5.40. The number of benzene rings is 1. The summed E-state index contributed by atoms with van der Waals surface area (Å²) in [5.74, 6) is -0.755. The zero-order chi connectivity index (χ0) is 13.0. The third-order valence-electron chi connectivity index (χ3n) is 2.32. The molecule has 0 saturated heterocycles. The number of rotatable bonds is 4. The van der Waals surface area contributed by atoms with E-state index in [-0.39, 0.29) is 18.1 Å². The van der Waals surface area contributed by atoms with Gasteiger partial charge in [0.15, 0.2) is 0 Å². The highest BCUT2D eigenvalue weighted by Crippen LogP contribution is 2.17. The van der Waals surface area contributed by atoms with Gasteiger partial charge in [-0.25, -0.2) is 9.78 Å². The Kier molecular flexibility index (Phi) is 3.79. The fourth-order valence-electron chi connectivity index (χ4n) is 1.39. The van der Waals surface area contributed by atoms with Gasteiger partial charge < -0.3 is 9.84 Å². The Bertz CT molecular complexity index is 572. The molecule has 4 nitrogen and oxygen atoms in total. The first-order valence-corrected chi connectivity index (χ1v) is 5.60. The lowest BCUT2D eigenvalue weighted by Crippen LogP contribution is -2.01. The Morgan fingerprint density at radius 1 is 1.33 bits per heavy atom. The van der Waals surface area contributed by atoms with Gasteiger partial charge >= 0.3 is 5.97 Å². The fraction of sp³-hybridized carbons (Fsp3) is 0.0769. The molecule has 92 valence electrons. The minimum atomic E-state index is -1.01. The number of halogens is 1. The molecule has 0 aliphatic carbocycles. The van der Waals surface area contributed by atoms with Crippen LogP contribution in [0, 0.1) is 0 Å². The van der Waals surface area contributed by atoms with Crippen LogP contribution < -0.4 is 4.74 Å². The average Bonchev–Trinajstić information content (AvgIpc) is 2.38. The number of ether oxygens (including phenoxy) is 1. The molecule has 2 rings (SSSR count). The van der Waals surface area contributed by atoms with Crippen molar-refractivity contribution in [3.8, 4) is 5.88 Å². The molecule has 1 heterocycles. The maximum Gasteiger partial charge on any atom is 0.335 e. The van der Waals surface area contributed by atoms with Crippen LogP contribution in [0.2, 0.25) is 5.02 Å². The molecule has 0 aliphatic rings. The van der Waals surface area contributed by atoms with Gasteiger partial charge in [0.25, 0.3) is 0 Å². The second-order valence-corrected chi connectivity index (χ2v) is 3.98. The number of aromatic carboxylic acids is 1. The van der Waals surface area contributed by atoms with Gasteiger partial charge in [0.2, 0.25) is 5.88 Å². The molecule has 0 spiro atoms. The smallest absolute Gasteiger partial charge is 0.335 e. The van der Waals surface area contributed by atoms with Crippen LogP contribution in [0.15, 0.2) is 42.6 Å². The van der Waals surface area contributed by atoms with Crippen molar-refractivity contribution in [2.24, 2.45) is 0 Å². The van der Waals surface area contributed by atoms with Gasteiger partial charge in [0, 0.05) is 22.8 Å². The third kappa shape index (κ3) is 2.99. The van der Waals surface area contributed by atoms with Gasteiger partial charge in [-0.3, -0.25) is 0 Å². The van der Waals surface area contributed by atoms with E-state index in [0.717, 1.165) is 5.56 Å². The highest BCUT2D eigenvalue weighted by molar-refractivity contribution is 6.31. The highest BCUT2D eigenvalue weighted by atomic mass is 35.5. The van der Waals surface area contributed by atoms with Gasteiger partial charge in [0.05, 0.1) is 5.56 Å². The predicted molar refractivity (Wildman–Crippen MR) is 67.0 cm³/mol. The predicted octanol–water partition coefficient (Wildman–Crippen LogP) is 3.01. The largest absolute Gasteiger partial charge is 0.478 e. The van der Waals surface area contributed by atoms with Crippen molar-refractivity contribution in [3.05, 3.63) is 58.7 Å². The molecular weight excluding hydrogens is 254 g/mol. The van der Waals surface area contributed by atoms with E-state index in [9.17, 15) is 4.79 Å². The van der Waals surface area contributed by atoms with Gasteiger partial charge in [-0.1, -0.05) is 29.8 Å². The van der Waals surface area contributed by atoms with E-state index in [1.54, 1.807) is 6.07 Å². The molecular formula is C13H10ClNO3. The molecule has 0 aliphatic heterocycles. The molecule has 0 amide bonds. The lowest BCUT2D eigenvalue weighted by Gasteiger charge is -2.07. The quantitative estimate of drug-likeness (QED) is 0.921. The first kappa shape index (κ1) is 12.4. The molecule has 0 atom stereocenters. The zero-order valence-electron chi connectivity index (χ0n) is 9.34. The molecule has 0 fully saturated rings. The molecule has 5 heteroatoms. The van der Waals surface area contributed by atoms with Crippen LogP contribution in [0.1, 0.15) is 15.9 Å². The van der Waals surface area contributed by atoms with Gasteiger partial charge in [-0.2, -0.15) is 0 Å². The minimum Gasteiger partial charge on any atom is -0.478 e. The van der Waals surface area contributed by atoms with E-state index in [0.29, 0.717) is 5.02 Å². The molecule has 0 bridgehead atoms. The Hall–Kier alpha value is -2.07. The topological polar surface area (TPSA) is 59.4 Å². The number of hydrogen-bond acceptors (Lipinski definition) is 3. The third-order valence-corrected chi connectivity index (χ3v) is 2.68. The first-order chi connectivity index (χ1) is 8.66. The molecule has 1 aromatic heterocycles. The molecule has 0 saturated carbocycles. The van der Waals surface area contributed by atoms with Crippen LogP contribution in [0.4, 0.5) is 0 Å². The summed E-state index contributed by atoms with van der Waals surface area (Å²) in [6.07, 6.45) is 1.39. The van der Waals surface area contributed by atoms with Crippen molar-refractivity contribution >= 4 is 17.6 Å². The summed E-state index contributed by atoms with van der Waals surface area (Å²) >= 11 is 5.98. The van der Waals surface area contributed by atoms with Crippen molar-refractivity contribution in [3.63, 3.8) is 0 Å². The Morgan fingerprint density at radius 3 is 2.83 bits per heavy atom. The maximum atomic E-state index is 10.8. The lowest BCUT2D eigenvalue weighted by atomic mass is 10.2.